The van der Waals surface area contributed by atoms with E-state index in [1.54, 1.807) is 0 Å². The molecule has 0 bridgehead atoms. The van der Waals surface area contributed by atoms with Gasteiger partial charge in [-0.05, 0) is 24.8 Å². The van der Waals surface area contributed by atoms with Gasteiger partial charge in [0.25, 0.3) is 0 Å². The summed E-state index contributed by atoms with van der Waals surface area (Å²) in [4.78, 5) is 23.2. The summed E-state index contributed by atoms with van der Waals surface area (Å²) in [5.41, 5.74) is 1.43. The number of aryl methyl sites for hydroxylation is 1. The van der Waals surface area contributed by atoms with Crippen molar-refractivity contribution < 1.29 is 19.2 Å². The molecule has 0 radical (unpaired) electrons. The molecule has 0 aromatic heterocycles. The molecule has 2 N–H and O–H groups in total. The number of carboxylic acids is 1. The molecule has 1 aromatic carbocycles. The normalized spacial score (nSPS) is 12.5. The van der Waals surface area contributed by atoms with E-state index in [4.69, 9.17) is 5.11 Å². The van der Waals surface area contributed by atoms with Gasteiger partial charge in [0, 0.05) is 6.42 Å². The second-order valence-electron chi connectivity index (χ2n) is 9.15. The number of hydrogen-bond donors (Lipinski definition) is 2. The molecule has 0 aliphatic carbocycles. The third-order valence-corrected chi connectivity index (χ3v) is 5.02. The van der Waals surface area contributed by atoms with Gasteiger partial charge in [0.1, 0.15) is 0 Å². The van der Waals surface area contributed by atoms with Gasteiger partial charge in [-0.3, -0.25) is 9.59 Å². The van der Waals surface area contributed by atoms with Crippen molar-refractivity contribution in [2.45, 2.75) is 76.7 Å². The van der Waals surface area contributed by atoms with Crippen LogP contribution < -0.4 is 5.32 Å². The van der Waals surface area contributed by atoms with Gasteiger partial charge in [-0.1, -0.05) is 68.9 Å². The summed E-state index contributed by atoms with van der Waals surface area (Å²) in [5, 5.41) is 12.0. The second-order valence-corrected chi connectivity index (χ2v) is 9.15. The molecule has 0 saturated heterocycles. The fourth-order valence-electron chi connectivity index (χ4n) is 3.65. The quantitative estimate of drug-likeness (QED) is 0.316. The fraction of sp³-hybridized carbons (Fsp3) is 0.667. The Hall–Kier alpha value is -1.88. The number of benzene rings is 1. The Morgan fingerprint density at radius 3 is 2.00 bits per heavy atom. The smallest absolute Gasteiger partial charge is 0.305 e. The van der Waals surface area contributed by atoms with E-state index < -0.39 is 5.97 Å². The molecule has 1 atom stereocenters. The number of aliphatic carboxylic acids is 1. The van der Waals surface area contributed by atoms with Gasteiger partial charge >= 0.3 is 5.97 Å². The van der Waals surface area contributed by atoms with Gasteiger partial charge < -0.3 is 14.9 Å². The largest absolute Gasteiger partial charge is 0.481 e. The lowest BCUT2D eigenvalue weighted by Gasteiger charge is -2.29. The summed E-state index contributed by atoms with van der Waals surface area (Å²) in [7, 11) is 6.01. The molecule has 1 amide bonds. The molecule has 5 nitrogen and oxygen atoms in total. The zero-order valence-corrected chi connectivity index (χ0v) is 18.7. The van der Waals surface area contributed by atoms with Crippen LogP contribution in [0.3, 0.4) is 0 Å². The van der Waals surface area contributed by atoms with Crippen LogP contribution in [-0.2, 0) is 16.0 Å². The number of amides is 1. The van der Waals surface area contributed by atoms with Crippen LogP contribution in [0.2, 0.25) is 0 Å². The number of likely N-dealkylation sites (N-methyl/N-ethyl adjacent to an activating group) is 1. The van der Waals surface area contributed by atoms with Crippen LogP contribution in [0.25, 0.3) is 0 Å². The number of carbonyl (C=O) groups is 2. The molecule has 5 heteroatoms. The number of rotatable bonds is 16. The zero-order valence-electron chi connectivity index (χ0n) is 18.7. The Bertz CT molecular complexity index is 582. The van der Waals surface area contributed by atoms with Crippen LogP contribution in [-0.4, -0.2) is 55.2 Å². The van der Waals surface area contributed by atoms with Crippen LogP contribution in [0.15, 0.2) is 30.3 Å². The first-order valence-electron chi connectivity index (χ1n) is 11.1. The summed E-state index contributed by atoms with van der Waals surface area (Å²) in [6, 6.07) is 10.4. The molecule has 1 unspecified atom stereocenters. The molecule has 0 fully saturated rings. The van der Waals surface area contributed by atoms with E-state index in [1.165, 1.54) is 50.5 Å². The Balaban J connectivity index is 2.02. The summed E-state index contributed by atoms with van der Waals surface area (Å²) < 4.78 is 0.629. The number of quaternary nitrogens is 1. The molecular formula is C24H41N2O3+. The zero-order chi connectivity index (χ0) is 21.5. The number of nitrogens with one attached hydrogen (secondary N) is 1. The van der Waals surface area contributed by atoms with E-state index in [1.807, 2.05) is 21.1 Å². The first-order chi connectivity index (χ1) is 13.8. The molecule has 0 saturated carbocycles. The average molecular weight is 406 g/mol. The lowest BCUT2D eigenvalue weighted by atomic mass is 10.0. The Morgan fingerprint density at radius 2 is 1.45 bits per heavy atom. The molecule has 29 heavy (non-hydrogen) atoms. The highest BCUT2D eigenvalue weighted by Crippen LogP contribution is 2.12. The first-order valence-corrected chi connectivity index (χ1v) is 11.1. The van der Waals surface area contributed by atoms with E-state index >= 15 is 0 Å². The molecule has 1 rings (SSSR count). The van der Waals surface area contributed by atoms with Crippen LogP contribution >= 0.6 is 0 Å². The van der Waals surface area contributed by atoms with Gasteiger partial charge in [0.05, 0.1) is 40.2 Å². The maximum absolute atomic E-state index is 12.1. The predicted octanol–water partition coefficient (Wildman–Crippen LogP) is 4.41. The van der Waals surface area contributed by atoms with Crippen LogP contribution in [0, 0.1) is 0 Å². The number of carbonyl (C=O) groups excluding carboxylic acids is 1. The number of unbranched alkanes of at least 4 members (excludes halogenated alkanes) is 7. The lowest BCUT2D eigenvalue weighted by molar-refractivity contribution is -0.871. The summed E-state index contributed by atoms with van der Waals surface area (Å²) in [5.74, 6) is -0.891. The van der Waals surface area contributed by atoms with Crippen molar-refractivity contribution in [2.24, 2.45) is 0 Å². The van der Waals surface area contributed by atoms with E-state index in [0.717, 1.165) is 12.8 Å². The number of hydrogen-bond acceptors (Lipinski definition) is 2. The average Bonchev–Trinajstić information content (AvgIpc) is 2.62. The van der Waals surface area contributed by atoms with Gasteiger partial charge in [-0.2, -0.15) is 0 Å². The third-order valence-electron chi connectivity index (χ3n) is 5.02. The Labute approximate surface area is 177 Å². The first kappa shape index (κ1) is 25.2. The van der Waals surface area contributed by atoms with Crippen molar-refractivity contribution in [1.29, 1.82) is 0 Å². The fourth-order valence-corrected chi connectivity index (χ4v) is 3.65. The molecular weight excluding hydrogens is 364 g/mol. The minimum Gasteiger partial charge on any atom is -0.481 e. The van der Waals surface area contributed by atoms with E-state index in [2.05, 4.69) is 35.6 Å². The van der Waals surface area contributed by atoms with Gasteiger partial charge in [0.2, 0.25) is 5.91 Å². The van der Waals surface area contributed by atoms with E-state index in [9.17, 15) is 9.59 Å². The summed E-state index contributed by atoms with van der Waals surface area (Å²) >= 11 is 0. The maximum atomic E-state index is 12.1. The molecule has 1 aromatic rings. The van der Waals surface area contributed by atoms with Gasteiger partial charge in [-0.15, -0.1) is 0 Å². The monoisotopic (exact) mass is 405 g/mol. The highest BCUT2D eigenvalue weighted by atomic mass is 16.4. The number of nitrogens with zero attached hydrogens (tertiary/aromatic N) is 1. The number of carboxylic acid groups (broad SMARTS) is 1. The van der Waals surface area contributed by atoms with Crippen LogP contribution in [0.5, 0.6) is 0 Å². The van der Waals surface area contributed by atoms with Gasteiger partial charge in [-0.25, -0.2) is 0 Å². The second kappa shape index (κ2) is 14.2. The third kappa shape index (κ3) is 14.7. The predicted molar refractivity (Wildman–Crippen MR) is 119 cm³/mol. The topological polar surface area (TPSA) is 66.4 Å². The molecule has 164 valence electrons. The van der Waals surface area contributed by atoms with E-state index in [0.29, 0.717) is 17.4 Å². The van der Waals surface area contributed by atoms with Crippen molar-refractivity contribution in [3.8, 4) is 0 Å². The SMILES string of the molecule is C[N+](C)(C)CC(CC(=O)O)NC(=O)CCCCCCCCCCc1ccccc1. The standard InChI is InChI=1S/C24H40N2O3/c1-26(2,3)20-22(19-24(28)29)25-23(27)18-14-9-7-5-4-6-8-11-15-21-16-12-10-13-17-21/h10,12-13,16-17,22H,4-9,11,14-15,18-20H2,1-3H3,(H-,25,27,28,29)/p+1. The van der Waals surface area contributed by atoms with E-state index in [-0.39, 0.29) is 18.4 Å². The van der Waals surface area contributed by atoms with Crippen LogP contribution in [0.4, 0.5) is 0 Å². The minimum absolute atomic E-state index is 0.0223. The molecule has 0 heterocycles. The van der Waals surface area contributed by atoms with Crippen LogP contribution in [0.1, 0.15) is 69.8 Å². The molecule has 0 aliphatic heterocycles. The van der Waals surface area contributed by atoms with Gasteiger partial charge in [0.15, 0.2) is 0 Å². The van der Waals surface area contributed by atoms with Crippen molar-refractivity contribution in [1.82, 2.24) is 5.32 Å². The summed E-state index contributed by atoms with van der Waals surface area (Å²) in [6.45, 7) is 0.613. The Kier molecular flexibility index (Phi) is 12.3. The minimum atomic E-state index is -0.868. The van der Waals surface area contributed by atoms with Crippen molar-refractivity contribution in [3.05, 3.63) is 35.9 Å². The molecule has 0 aliphatic rings. The highest BCUT2D eigenvalue weighted by molar-refractivity contribution is 5.77. The maximum Gasteiger partial charge on any atom is 0.305 e. The lowest BCUT2D eigenvalue weighted by Crippen LogP contribution is -2.49. The van der Waals surface area contributed by atoms with Crippen molar-refractivity contribution in [2.75, 3.05) is 27.7 Å². The van der Waals surface area contributed by atoms with Crippen molar-refractivity contribution in [3.63, 3.8) is 0 Å². The summed E-state index contributed by atoms with van der Waals surface area (Å²) in [6.07, 6.45) is 11.1. The molecule has 0 spiro atoms. The Morgan fingerprint density at radius 1 is 0.897 bits per heavy atom. The highest BCUT2D eigenvalue weighted by Gasteiger charge is 2.22. The van der Waals surface area contributed by atoms with Crippen molar-refractivity contribution >= 4 is 11.9 Å².